The van der Waals surface area contributed by atoms with Crippen molar-refractivity contribution >= 4 is 22.8 Å². The van der Waals surface area contributed by atoms with Gasteiger partial charge in [0.15, 0.2) is 5.65 Å². The fraction of sp³-hybridized carbons (Fsp3) is 0.250. The van der Waals surface area contributed by atoms with E-state index in [1.807, 2.05) is 12.1 Å². The third kappa shape index (κ3) is 4.52. The van der Waals surface area contributed by atoms with E-state index in [0.717, 1.165) is 17.6 Å². The zero-order chi connectivity index (χ0) is 17.7. The minimum Gasteiger partial charge on any atom is -0.370 e. The Labute approximate surface area is 141 Å². The number of nitrogens with one attached hydrogen (secondary N) is 2. The average molecular weight is 348 g/mol. The number of nitrogens with zero attached hydrogens (tertiary/aromatic N) is 4. The summed E-state index contributed by atoms with van der Waals surface area (Å²) in [5.41, 5.74) is -0.145. The van der Waals surface area contributed by atoms with Gasteiger partial charge < -0.3 is 10.6 Å². The van der Waals surface area contributed by atoms with Crippen LogP contribution >= 0.6 is 0 Å². The van der Waals surface area contributed by atoms with Gasteiger partial charge in [-0.3, -0.25) is 0 Å². The summed E-state index contributed by atoms with van der Waals surface area (Å²) in [5, 5.41) is 6.91. The maximum atomic E-state index is 12.4. The number of hydrogen-bond acceptors (Lipinski definition) is 6. The highest BCUT2D eigenvalue weighted by atomic mass is 19.4. The molecule has 3 heterocycles. The predicted octanol–water partition coefficient (Wildman–Crippen LogP) is 3.35. The maximum absolute atomic E-state index is 12.4. The van der Waals surface area contributed by atoms with Gasteiger partial charge in [-0.1, -0.05) is 0 Å². The summed E-state index contributed by atoms with van der Waals surface area (Å²) in [6, 6.07) is 6.02. The van der Waals surface area contributed by atoms with Crippen LogP contribution in [0.4, 0.5) is 24.9 Å². The van der Waals surface area contributed by atoms with E-state index >= 15 is 0 Å². The molecule has 0 spiro atoms. The summed E-state index contributed by atoms with van der Waals surface area (Å²) in [6.07, 6.45) is 0.523. The van der Waals surface area contributed by atoms with Crippen LogP contribution in [0.25, 0.3) is 11.0 Å². The molecule has 0 aliphatic carbocycles. The zero-order valence-corrected chi connectivity index (χ0v) is 13.1. The maximum Gasteiger partial charge on any atom is 0.417 e. The first-order chi connectivity index (χ1) is 12.0. The number of pyridine rings is 2. The summed E-state index contributed by atoms with van der Waals surface area (Å²) >= 11 is 0. The largest absolute Gasteiger partial charge is 0.417 e. The Morgan fingerprint density at radius 2 is 1.76 bits per heavy atom. The fourth-order valence-corrected chi connectivity index (χ4v) is 2.12. The minimum absolute atomic E-state index is 0.402. The lowest BCUT2D eigenvalue weighted by atomic mass is 10.3. The highest BCUT2D eigenvalue weighted by Gasteiger charge is 2.30. The molecule has 0 bridgehead atoms. The molecule has 25 heavy (non-hydrogen) atoms. The fourth-order valence-electron chi connectivity index (χ4n) is 2.12. The van der Waals surface area contributed by atoms with Crippen LogP contribution in [0.5, 0.6) is 0 Å². The van der Waals surface area contributed by atoms with E-state index in [9.17, 15) is 13.2 Å². The Balaban J connectivity index is 1.43. The second-order valence-electron chi connectivity index (χ2n) is 5.25. The second kappa shape index (κ2) is 7.29. The van der Waals surface area contributed by atoms with Crippen molar-refractivity contribution in [2.45, 2.75) is 12.6 Å². The molecule has 3 aromatic heterocycles. The van der Waals surface area contributed by atoms with Gasteiger partial charge in [-0.2, -0.15) is 18.2 Å². The molecule has 0 aliphatic rings. The van der Waals surface area contributed by atoms with Crippen molar-refractivity contribution in [3.63, 3.8) is 0 Å². The van der Waals surface area contributed by atoms with Crippen molar-refractivity contribution in [3.05, 3.63) is 48.4 Å². The van der Waals surface area contributed by atoms with E-state index in [4.69, 9.17) is 0 Å². The quantitative estimate of drug-likeness (QED) is 0.666. The SMILES string of the molecule is FC(F)(F)c1ccc(NCCCNc2ncc3cccnc3n2)nc1. The lowest BCUT2D eigenvalue weighted by molar-refractivity contribution is -0.137. The van der Waals surface area contributed by atoms with E-state index in [0.29, 0.717) is 36.9 Å². The molecule has 0 radical (unpaired) electrons. The first-order valence-electron chi connectivity index (χ1n) is 7.61. The zero-order valence-electron chi connectivity index (χ0n) is 13.1. The Bertz CT molecular complexity index is 835. The van der Waals surface area contributed by atoms with Crippen LogP contribution in [0.3, 0.4) is 0 Å². The van der Waals surface area contributed by atoms with E-state index < -0.39 is 11.7 Å². The first kappa shape index (κ1) is 16.9. The molecule has 0 atom stereocenters. The Kier molecular flexibility index (Phi) is 4.92. The van der Waals surface area contributed by atoms with Crippen LogP contribution in [0, 0.1) is 0 Å². The van der Waals surface area contributed by atoms with Crippen molar-refractivity contribution in [1.29, 1.82) is 0 Å². The Hall–Kier alpha value is -2.97. The van der Waals surface area contributed by atoms with Gasteiger partial charge in [-0.15, -0.1) is 0 Å². The molecule has 0 saturated carbocycles. The number of hydrogen-bond donors (Lipinski definition) is 2. The summed E-state index contributed by atoms with van der Waals surface area (Å²) in [4.78, 5) is 16.4. The van der Waals surface area contributed by atoms with Gasteiger partial charge in [0.1, 0.15) is 5.82 Å². The number of rotatable bonds is 6. The molecule has 0 aromatic carbocycles. The third-order valence-corrected chi connectivity index (χ3v) is 3.39. The molecule has 9 heteroatoms. The van der Waals surface area contributed by atoms with Crippen LogP contribution in [0.15, 0.2) is 42.9 Å². The van der Waals surface area contributed by atoms with E-state index in [-0.39, 0.29) is 0 Å². The Morgan fingerprint density at radius 1 is 0.920 bits per heavy atom. The molecule has 0 unspecified atom stereocenters. The molecular weight excluding hydrogens is 333 g/mol. The van der Waals surface area contributed by atoms with Gasteiger partial charge in [0.25, 0.3) is 0 Å². The van der Waals surface area contributed by atoms with Crippen molar-refractivity contribution in [2.24, 2.45) is 0 Å². The standard InChI is InChI=1S/C16H15F3N6/c17-16(18,19)12-4-5-13(23-10-12)20-7-2-8-22-15-24-9-11-3-1-6-21-14(11)25-15/h1,3-6,9-10H,2,7-8H2,(H,20,23)(H,21,22,24,25). The highest BCUT2D eigenvalue weighted by Crippen LogP contribution is 2.28. The molecule has 0 saturated heterocycles. The number of halogens is 3. The summed E-state index contributed by atoms with van der Waals surface area (Å²) in [6.45, 7) is 1.16. The number of fused-ring (bicyclic) bond motifs is 1. The van der Waals surface area contributed by atoms with Gasteiger partial charge in [-0.05, 0) is 30.7 Å². The van der Waals surface area contributed by atoms with Crippen molar-refractivity contribution < 1.29 is 13.2 Å². The summed E-state index contributed by atoms with van der Waals surface area (Å²) in [7, 11) is 0. The van der Waals surface area contributed by atoms with Gasteiger partial charge in [0.2, 0.25) is 5.95 Å². The topological polar surface area (TPSA) is 75.6 Å². The van der Waals surface area contributed by atoms with Crippen LogP contribution in [0.2, 0.25) is 0 Å². The predicted molar refractivity (Wildman–Crippen MR) is 88.2 cm³/mol. The smallest absolute Gasteiger partial charge is 0.370 e. The first-order valence-corrected chi connectivity index (χ1v) is 7.61. The second-order valence-corrected chi connectivity index (χ2v) is 5.25. The van der Waals surface area contributed by atoms with Gasteiger partial charge in [0.05, 0.1) is 5.56 Å². The van der Waals surface area contributed by atoms with E-state index in [1.54, 1.807) is 12.4 Å². The van der Waals surface area contributed by atoms with Crippen molar-refractivity contribution in [3.8, 4) is 0 Å². The minimum atomic E-state index is -4.37. The van der Waals surface area contributed by atoms with Gasteiger partial charge >= 0.3 is 6.18 Å². The molecule has 3 aromatic rings. The highest BCUT2D eigenvalue weighted by molar-refractivity contribution is 5.74. The number of alkyl halides is 3. The summed E-state index contributed by atoms with van der Waals surface area (Å²) in [5.74, 6) is 0.887. The van der Waals surface area contributed by atoms with E-state index in [2.05, 4.69) is 30.6 Å². The monoisotopic (exact) mass is 348 g/mol. The number of anilines is 2. The van der Waals surface area contributed by atoms with Crippen molar-refractivity contribution in [1.82, 2.24) is 19.9 Å². The summed E-state index contributed by atoms with van der Waals surface area (Å²) < 4.78 is 37.3. The molecule has 6 nitrogen and oxygen atoms in total. The molecular formula is C16H15F3N6. The molecule has 0 fully saturated rings. The van der Waals surface area contributed by atoms with Crippen LogP contribution < -0.4 is 10.6 Å². The average Bonchev–Trinajstić information content (AvgIpc) is 2.61. The normalized spacial score (nSPS) is 11.5. The Morgan fingerprint density at radius 3 is 2.52 bits per heavy atom. The van der Waals surface area contributed by atoms with Gasteiger partial charge in [-0.25, -0.2) is 15.0 Å². The van der Waals surface area contributed by atoms with Crippen LogP contribution in [-0.4, -0.2) is 33.0 Å². The van der Waals surface area contributed by atoms with Crippen molar-refractivity contribution in [2.75, 3.05) is 23.7 Å². The van der Waals surface area contributed by atoms with Crippen LogP contribution in [0.1, 0.15) is 12.0 Å². The molecule has 2 N–H and O–H groups in total. The lowest BCUT2D eigenvalue weighted by Gasteiger charge is -2.09. The molecule has 130 valence electrons. The lowest BCUT2D eigenvalue weighted by Crippen LogP contribution is -2.12. The molecule has 3 rings (SSSR count). The van der Waals surface area contributed by atoms with E-state index in [1.165, 1.54) is 6.07 Å². The molecule has 0 aliphatic heterocycles. The van der Waals surface area contributed by atoms with Gasteiger partial charge in [0, 0.05) is 37.1 Å². The molecule has 0 amide bonds. The number of aromatic nitrogens is 4. The van der Waals surface area contributed by atoms with Crippen LogP contribution in [-0.2, 0) is 6.18 Å². The third-order valence-electron chi connectivity index (χ3n) is 3.39.